The van der Waals surface area contributed by atoms with Crippen LogP contribution in [-0.2, 0) is 11.0 Å². The van der Waals surface area contributed by atoms with E-state index in [9.17, 15) is 0 Å². The molecule has 0 aliphatic heterocycles. The second-order valence-corrected chi connectivity index (χ2v) is 14.0. The number of hydrogen-bond acceptors (Lipinski definition) is 2. The minimum atomic E-state index is -1.77. The highest BCUT2D eigenvalue weighted by molar-refractivity contribution is 9.10. The predicted octanol–water partition coefficient (Wildman–Crippen LogP) is 5.94. The minimum Gasteiger partial charge on any atom is -0.415 e. The van der Waals surface area contributed by atoms with Gasteiger partial charge in [0, 0.05) is 22.9 Å². The van der Waals surface area contributed by atoms with Crippen molar-refractivity contribution in [1.29, 1.82) is 0 Å². The monoisotopic (exact) mass is 422 g/mol. The molecule has 0 bridgehead atoms. The number of aromatic amines is 1. The molecule has 1 unspecified atom stereocenters. The molecule has 5 heteroatoms. The van der Waals surface area contributed by atoms with Crippen LogP contribution in [0.2, 0.25) is 18.1 Å². The Morgan fingerprint density at radius 1 is 1.24 bits per heavy atom. The highest BCUT2D eigenvalue weighted by Crippen LogP contribution is 2.37. The van der Waals surface area contributed by atoms with E-state index in [-0.39, 0.29) is 11.1 Å². The number of aromatic nitrogens is 1. The first-order valence-electron chi connectivity index (χ1n) is 8.85. The number of nitrogens with one attached hydrogen (secondary N) is 2. The Morgan fingerprint density at radius 3 is 2.52 bits per heavy atom. The van der Waals surface area contributed by atoms with E-state index in [1.807, 2.05) is 6.20 Å². The molecular weight excluding hydrogens is 392 g/mol. The summed E-state index contributed by atoms with van der Waals surface area (Å²) in [5.74, 6) is 0. The van der Waals surface area contributed by atoms with Crippen molar-refractivity contribution in [3.05, 3.63) is 57.8 Å². The van der Waals surface area contributed by atoms with Crippen molar-refractivity contribution in [1.82, 2.24) is 10.3 Å². The zero-order chi connectivity index (χ0) is 18.7. The third-order valence-electron chi connectivity index (χ3n) is 5.11. The van der Waals surface area contributed by atoms with Gasteiger partial charge >= 0.3 is 0 Å². The zero-order valence-electron chi connectivity index (χ0n) is 16.2. The second kappa shape index (κ2) is 8.21. The fraction of sp³-hybridized carbons (Fsp3) is 0.500. The van der Waals surface area contributed by atoms with E-state index in [1.165, 1.54) is 11.1 Å². The number of benzene rings is 1. The lowest BCUT2D eigenvalue weighted by atomic mass is 10.1. The summed E-state index contributed by atoms with van der Waals surface area (Å²) >= 11 is 3.49. The summed E-state index contributed by atoms with van der Waals surface area (Å²) in [6.07, 6.45) is 1.96. The smallest absolute Gasteiger partial charge is 0.192 e. The lowest BCUT2D eigenvalue weighted by Crippen LogP contribution is -2.43. The summed E-state index contributed by atoms with van der Waals surface area (Å²) in [7, 11) is -1.77. The predicted molar refractivity (Wildman–Crippen MR) is 112 cm³/mol. The summed E-state index contributed by atoms with van der Waals surface area (Å²) in [5.41, 5.74) is 3.72. The fourth-order valence-electron chi connectivity index (χ4n) is 2.41. The molecule has 0 radical (unpaired) electrons. The van der Waals surface area contributed by atoms with E-state index in [0.717, 1.165) is 16.7 Å². The van der Waals surface area contributed by atoms with Gasteiger partial charge in [-0.25, -0.2) is 0 Å². The van der Waals surface area contributed by atoms with Crippen LogP contribution in [-0.4, -0.2) is 19.9 Å². The van der Waals surface area contributed by atoms with E-state index in [1.54, 1.807) is 0 Å². The van der Waals surface area contributed by atoms with E-state index in [2.05, 4.69) is 97.4 Å². The van der Waals surface area contributed by atoms with Crippen molar-refractivity contribution < 1.29 is 4.43 Å². The molecule has 2 N–H and O–H groups in total. The van der Waals surface area contributed by atoms with Gasteiger partial charge in [-0.1, -0.05) is 50.6 Å². The van der Waals surface area contributed by atoms with Crippen molar-refractivity contribution in [3.8, 4) is 0 Å². The van der Waals surface area contributed by atoms with Crippen LogP contribution in [0.1, 0.15) is 43.6 Å². The summed E-state index contributed by atoms with van der Waals surface area (Å²) < 4.78 is 7.58. The van der Waals surface area contributed by atoms with Crippen LogP contribution in [0.3, 0.4) is 0 Å². The third kappa shape index (κ3) is 5.81. The van der Waals surface area contributed by atoms with Gasteiger partial charge < -0.3 is 14.7 Å². The number of rotatable bonds is 7. The zero-order valence-corrected chi connectivity index (χ0v) is 18.8. The van der Waals surface area contributed by atoms with Crippen molar-refractivity contribution in [3.63, 3.8) is 0 Å². The van der Waals surface area contributed by atoms with Gasteiger partial charge in [0.15, 0.2) is 8.32 Å². The second-order valence-electron chi connectivity index (χ2n) is 8.26. The molecule has 1 heterocycles. The van der Waals surface area contributed by atoms with Gasteiger partial charge in [0.1, 0.15) is 0 Å². The van der Waals surface area contributed by atoms with Crippen molar-refractivity contribution in [2.45, 2.75) is 58.4 Å². The molecule has 2 rings (SSSR count). The molecule has 1 aromatic heterocycles. The molecule has 0 saturated carbocycles. The molecule has 0 aliphatic rings. The summed E-state index contributed by atoms with van der Waals surface area (Å²) in [4.78, 5) is 3.28. The molecule has 1 atom stereocenters. The largest absolute Gasteiger partial charge is 0.415 e. The van der Waals surface area contributed by atoms with Crippen LogP contribution in [0.25, 0.3) is 0 Å². The average molecular weight is 423 g/mol. The third-order valence-corrected chi connectivity index (χ3v) is 10.1. The molecule has 0 amide bonds. The van der Waals surface area contributed by atoms with Gasteiger partial charge in [0.2, 0.25) is 0 Å². The van der Waals surface area contributed by atoms with E-state index in [4.69, 9.17) is 4.43 Å². The quantitative estimate of drug-likeness (QED) is 0.541. The van der Waals surface area contributed by atoms with Crippen LogP contribution in [0, 0.1) is 6.92 Å². The molecule has 2 aromatic rings. The topological polar surface area (TPSA) is 37.0 Å². The highest BCUT2D eigenvalue weighted by atomic mass is 79.9. The first kappa shape index (κ1) is 20.4. The molecule has 0 aliphatic carbocycles. The molecule has 0 spiro atoms. The summed E-state index contributed by atoms with van der Waals surface area (Å²) in [5, 5.41) is 3.88. The molecule has 25 heavy (non-hydrogen) atoms. The standard InChI is InChI=1S/C20H31BrN2OSi/c1-15-8-7-9-16(10-15)19(14-24-25(5,6)20(2,3)4)23-13-18-11-17(21)12-22-18/h7-12,19,22-23H,13-14H2,1-6H3. The fourth-order valence-corrected chi connectivity index (χ4v) is 3.82. The maximum atomic E-state index is 6.50. The Balaban J connectivity index is 2.11. The molecule has 3 nitrogen and oxygen atoms in total. The minimum absolute atomic E-state index is 0.177. The summed E-state index contributed by atoms with van der Waals surface area (Å²) in [6, 6.07) is 11.0. The van der Waals surface area contributed by atoms with Crippen LogP contribution in [0.4, 0.5) is 0 Å². The Bertz CT molecular complexity index is 691. The van der Waals surface area contributed by atoms with Crippen LogP contribution in [0.5, 0.6) is 0 Å². The molecule has 0 fully saturated rings. The van der Waals surface area contributed by atoms with Gasteiger partial charge in [-0.15, -0.1) is 0 Å². The van der Waals surface area contributed by atoms with Crippen molar-refractivity contribution in [2.75, 3.05) is 6.61 Å². The Morgan fingerprint density at radius 2 is 1.96 bits per heavy atom. The molecule has 1 aromatic carbocycles. The van der Waals surface area contributed by atoms with E-state index >= 15 is 0 Å². The average Bonchev–Trinajstić information content (AvgIpc) is 2.91. The lowest BCUT2D eigenvalue weighted by molar-refractivity contribution is 0.242. The van der Waals surface area contributed by atoms with Gasteiger partial charge in [-0.3, -0.25) is 0 Å². The maximum Gasteiger partial charge on any atom is 0.192 e. The Hall–Kier alpha value is -0.883. The SMILES string of the molecule is Cc1cccc(C(CO[Si](C)(C)C(C)(C)C)NCc2cc(Br)c[nH]2)c1. The van der Waals surface area contributed by atoms with E-state index in [0.29, 0.717) is 6.61 Å². The Kier molecular flexibility index (Phi) is 6.71. The number of aryl methyl sites for hydroxylation is 1. The number of hydrogen-bond donors (Lipinski definition) is 2. The number of halogens is 1. The van der Waals surface area contributed by atoms with Crippen molar-refractivity contribution >= 4 is 24.2 Å². The molecule has 138 valence electrons. The van der Waals surface area contributed by atoms with Gasteiger partial charge in [0.25, 0.3) is 0 Å². The molecule has 0 saturated heterocycles. The normalized spacial score (nSPS) is 13.9. The number of H-pyrrole nitrogens is 1. The first-order chi connectivity index (χ1) is 11.6. The Labute approximate surface area is 161 Å². The van der Waals surface area contributed by atoms with Crippen LogP contribution in [0.15, 0.2) is 41.0 Å². The molecular formula is C20H31BrN2OSi. The van der Waals surface area contributed by atoms with Gasteiger partial charge in [-0.2, -0.15) is 0 Å². The van der Waals surface area contributed by atoms with E-state index < -0.39 is 8.32 Å². The highest BCUT2D eigenvalue weighted by Gasteiger charge is 2.37. The first-order valence-corrected chi connectivity index (χ1v) is 12.6. The van der Waals surface area contributed by atoms with Gasteiger partial charge in [-0.05, 0) is 52.6 Å². The maximum absolute atomic E-state index is 6.50. The summed E-state index contributed by atoms with van der Waals surface area (Å²) in [6.45, 7) is 15.1. The van der Waals surface area contributed by atoms with Crippen LogP contribution < -0.4 is 5.32 Å². The van der Waals surface area contributed by atoms with Crippen LogP contribution >= 0.6 is 15.9 Å². The van der Waals surface area contributed by atoms with Crippen molar-refractivity contribution in [2.24, 2.45) is 0 Å². The lowest BCUT2D eigenvalue weighted by Gasteiger charge is -2.37. The van der Waals surface area contributed by atoms with Gasteiger partial charge in [0.05, 0.1) is 12.6 Å².